The molecule has 3 N–H and O–H groups in total. The molecule has 0 unspecified atom stereocenters. The number of halogens is 1. The highest BCUT2D eigenvalue weighted by molar-refractivity contribution is 6.59. The Morgan fingerprint density at radius 1 is 1.23 bits per heavy atom. The number of aryl methyl sites for hydroxylation is 1. The molecule has 2 aromatic heterocycles. The number of ether oxygens (including phenoxy) is 2. The summed E-state index contributed by atoms with van der Waals surface area (Å²) in [6, 6.07) is 6.87. The van der Waals surface area contributed by atoms with Gasteiger partial charge in [0.1, 0.15) is 18.0 Å². The number of anilines is 1. The Bertz CT molecular complexity index is 1470. The first kappa shape index (κ1) is 30.5. The average Bonchev–Trinajstić information content (AvgIpc) is 3.35. The van der Waals surface area contributed by atoms with Crippen molar-refractivity contribution in [2.75, 3.05) is 11.9 Å². The summed E-state index contributed by atoms with van der Waals surface area (Å²) < 4.78 is 33.2. The van der Waals surface area contributed by atoms with Crippen LogP contribution in [-0.4, -0.2) is 64.5 Å². The number of hydrogen-bond acceptors (Lipinski definition) is 9. The maximum atomic E-state index is 15.1. The van der Waals surface area contributed by atoms with E-state index in [2.05, 4.69) is 20.6 Å². The highest BCUT2D eigenvalue weighted by Crippen LogP contribution is 2.31. The monoisotopic (exact) mass is 610 g/mol. The number of nitrogens with zero attached hydrogens (tertiary/aromatic N) is 3. The highest BCUT2D eigenvalue weighted by Gasteiger charge is 2.40. The van der Waals surface area contributed by atoms with Gasteiger partial charge in [0.05, 0.1) is 11.4 Å². The number of carbonyl (C=O) groups excluding carboxylic acids is 2. The third-order valence-corrected chi connectivity index (χ3v) is 10.2. The molecule has 1 aliphatic carbocycles. The number of hydrogen-bond donors (Lipinski definition) is 3. The summed E-state index contributed by atoms with van der Waals surface area (Å²) >= 11 is 0. The molecule has 1 fully saturated rings. The van der Waals surface area contributed by atoms with Crippen LogP contribution in [0.3, 0.4) is 0 Å². The van der Waals surface area contributed by atoms with Gasteiger partial charge in [-0.2, -0.15) is 0 Å². The van der Waals surface area contributed by atoms with Crippen LogP contribution in [0, 0.1) is 12.7 Å². The average molecular weight is 611 g/mol. The van der Waals surface area contributed by atoms with Gasteiger partial charge in [-0.15, -0.1) is 0 Å². The molecule has 3 aromatic rings. The van der Waals surface area contributed by atoms with Crippen LogP contribution < -0.4 is 15.4 Å². The Labute approximate surface area is 251 Å². The number of aliphatic hydroxyl groups excluding tert-OH is 1. The normalized spacial score (nSPS) is 16.2. The molecule has 0 saturated heterocycles. The van der Waals surface area contributed by atoms with Crippen molar-refractivity contribution in [1.82, 2.24) is 19.9 Å². The molecule has 0 spiro atoms. The second-order valence-electron chi connectivity index (χ2n) is 11.9. The fraction of sp³-hybridized carbons (Fsp3) is 0.467. The summed E-state index contributed by atoms with van der Waals surface area (Å²) in [5.41, 5.74) is 0.594. The minimum atomic E-state index is -2.08. The number of pyridine rings is 1. The van der Waals surface area contributed by atoms with E-state index in [4.69, 9.17) is 13.9 Å². The van der Waals surface area contributed by atoms with Crippen molar-refractivity contribution in [2.24, 2.45) is 0 Å². The predicted molar refractivity (Wildman–Crippen MR) is 157 cm³/mol. The van der Waals surface area contributed by atoms with E-state index in [1.54, 1.807) is 52.1 Å². The SMILES string of the molecule is Cc1ncoc1COc1cc2c(cc1F)C[Si]([C@H](O)CNC(=O)c1ccnc(NC3CCC3)c1)N(C(=O)OC(C)(C)C)C2. The Morgan fingerprint density at radius 3 is 2.70 bits per heavy atom. The number of rotatable bonds is 9. The second-order valence-corrected chi connectivity index (χ2v) is 14.4. The van der Waals surface area contributed by atoms with Crippen LogP contribution in [0.25, 0.3) is 0 Å². The van der Waals surface area contributed by atoms with E-state index in [1.807, 2.05) is 0 Å². The van der Waals surface area contributed by atoms with Gasteiger partial charge in [0, 0.05) is 30.9 Å². The molecule has 2 amide bonds. The van der Waals surface area contributed by atoms with Crippen molar-refractivity contribution in [2.45, 2.75) is 83.5 Å². The van der Waals surface area contributed by atoms with Gasteiger partial charge in [-0.25, -0.2) is 19.2 Å². The molecule has 11 nitrogen and oxygen atoms in total. The lowest BCUT2D eigenvalue weighted by Gasteiger charge is -2.38. The topological polar surface area (TPSA) is 139 Å². The predicted octanol–water partition coefficient (Wildman–Crippen LogP) is 4.21. The standard InChI is InChI=1S/C30H37FN5O6Si/c1-18-25(41-17-34-18)15-40-24-11-20-14-36(29(39)42-30(2,3)4)43(16-21(20)10-23(24)31)27(37)13-33-28(38)19-8-9-32-26(12-19)35-22-6-5-7-22/h8-12,17,22,27,37H,5-7,13-16H2,1-4H3,(H,32,35)(H,33,38)/t27-/m0/s1. The van der Waals surface area contributed by atoms with Crippen LogP contribution in [0.4, 0.5) is 15.0 Å². The summed E-state index contributed by atoms with van der Waals surface area (Å²) in [7, 11) is -2.08. The van der Waals surface area contributed by atoms with Crippen molar-refractivity contribution in [3.8, 4) is 5.75 Å². The zero-order chi connectivity index (χ0) is 30.7. The number of aromatic nitrogens is 2. The largest absolute Gasteiger partial charge is 0.482 e. The minimum Gasteiger partial charge on any atom is -0.482 e. The van der Waals surface area contributed by atoms with E-state index in [-0.39, 0.29) is 37.4 Å². The fourth-order valence-corrected chi connectivity index (χ4v) is 7.34. The van der Waals surface area contributed by atoms with Gasteiger partial charge in [-0.1, -0.05) is 0 Å². The molecule has 2 aliphatic rings. The van der Waals surface area contributed by atoms with Crippen molar-refractivity contribution in [3.63, 3.8) is 0 Å². The van der Waals surface area contributed by atoms with E-state index in [0.29, 0.717) is 40.0 Å². The second kappa shape index (κ2) is 12.7. The van der Waals surface area contributed by atoms with Crippen LogP contribution in [-0.2, 0) is 23.9 Å². The summed E-state index contributed by atoms with van der Waals surface area (Å²) in [5, 5.41) is 17.4. The molecule has 1 aliphatic heterocycles. The summed E-state index contributed by atoms with van der Waals surface area (Å²) in [4.78, 5) is 34.6. The van der Waals surface area contributed by atoms with Crippen LogP contribution in [0.5, 0.6) is 5.75 Å². The zero-order valence-corrected chi connectivity index (χ0v) is 25.8. The summed E-state index contributed by atoms with van der Waals surface area (Å²) in [6.07, 6.45) is 5.62. The van der Waals surface area contributed by atoms with Gasteiger partial charge in [0.2, 0.25) is 8.96 Å². The van der Waals surface area contributed by atoms with Crippen molar-refractivity contribution < 1.29 is 33.0 Å². The first-order valence-electron chi connectivity index (χ1n) is 14.3. The maximum absolute atomic E-state index is 15.1. The molecule has 5 rings (SSSR count). The molecule has 43 heavy (non-hydrogen) atoms. The smallest absolute Gasteiger partial charge is 0.402 e. The van der Waals surface area contributed by atoms with E-state index in [9.17, 15) is 14.7 Å². The fourth-order valence-electron chi connectivity index (χ4n) is 4.85. The minimum absolute atomic E-state index is 0.000385. The number of carbonyl (C=O) groups is 2. The Hall–Kier alpha value is -3.97. The molecule has 1 aromatic carbocycles. The van der Waals surface area contributed by atoms with E-state index >= 15 is 4.39 Å². The quantitative estimate of drug-likeness (QED) is 0.304. The molecule has 1 atom stereocenters. The lowest BCUT2D eigenvalue weighted by atomic mass is 9.93. The number of amides is 2. The number of nitrogens with one attached hydrogen (secondary N) is 2. The number of aliphatic hydroxyl groups is 1. The van der Waals surface area contributed by atoms with Gasteiger partial charge in [0.15, 0.2) is 23.7 Å². The van der Waals surface area contributed by atoms with Crippen molar-refractivity contribution in [1.29, 1.82) is 0 Å². The molecule has 1 saturated carbocycles. The third-order valence-electron chi connectivity index (χ3n) is 7.44. The van der Waals surface area contributed by atoms with E-state index in [1.165, 1.54) is 23.4 Å². The van der Waals surface area contributed by atoms with Gasteiger partial charge in [-0.05, 0) is 88.4 Å². The van der Waals surface area contributed by atoms with Crippen LogP contribution >= 0.6 is 0 Å². The van der Waals surface area contributed by atoms with Gasteiger partial charge < -0.3 is 34.2 Å². The van der Waals surface area contributed by atoms with Gasteiger partial charge in [0.25, 0.3) is 5.91 Å². The van der Waals surface area contributed by atoms with Crippen molar-refractivity contribution >= 4 is 26.8 Å². The molecule has 13 heteroatoms. The summed E-state index contributed by atoms with van der Waals surface area (Å²) in [5.74, 6) is 0.211. The van der Waals surface area contributed by atoms with Crippen LogP contribution in [0.2, 0.25) is 0 Å². The molecule has 229 valence electrons. The number of fused-ring (bicyclic) bond motifs is 1. The Morgan fingerprint density at radius 2 is 2.02 bits per heavy atom. The first-order chi connectivity index (χ1) is 20.5. The highest BCUT2D eigenvalue weighted by atomic mass is 28.3. The molecule has 0 bridgehead atoms. The zero-order valence-electron chi connectivity index (χ0n) is 24.8. The van der Waals surface area contributed by atoms with E-state index < -0.39 is 32.2 Å². The van der Waals surface area contributed by atoms with Gasteiger partial charge in [-0.3, -0.25) is 4.79 Å². The van der Waals surface area contributed by atoms with Gasteiger partial charge >= 0.3 is 6.09 Å². The maximum Gasteiger partial charge on any atom is 0.402 e. The number of oxazole rings is 1. The first-order valence-corrected chi connectivity index (χ1v) is 16.1. The number of benzene rings is 1. The van der Waals surface area contributed by atoms with Crippen LogP contribution in [0.1, 0.15) is 73.0 Å². The molecular formula is C30H37FN5O6Si. The lowest BCUT2D eigenvalue weighted by Crippen LogP contribution is -2.58. The van der Waals surface area contributed by atoms with Crippen molar-refractivity contribution in [3.05, 3.63) is 70.8 Å². The Balaban J connectivity index is 1.30. The van der Waals surface area contributed by atoms with Crippen LogP contribution in [0.15, 0.2) is 41.3 Å². The Kier molecular flexibility index (Phi) is 9.02. The summed E-state index contributed by atoms with van der Waals surface area (Å²) in [6.45, 7) is 7.08. The molecule has 3 heterocycles. The molecule has 1 radical (unpaired) electrons. The van der Waals surface area contributed by atoms with E-state index in [0.717, 1.165) is 12.8 Å². The lowest BCUT2D eigenvalue weighted by molar-refractivity contribution is 0.0350. The molecular weight excluding hydrogens is 573 g/mol. The third kappa shape index (κ3) is 7.52.